The lowest BCUT2D eigenvalue weighted by Gasteiger charge is -2.31. The summed E-state index contributed by atoms with van der Waals surface area (Å²) in [5.41, 5.74) is 5.20. The van der Waals surface area contributed by atoms with Gasteiger partial charge in [0.15, 0.2) is 0 Å². The Kier molecular flexibility index (Phi) is 5.24. The van der Waals surface area contributed by atoms with Gasteiger partial charge in [-0.3, -0.25) is 9.59 Å². The van der Waals surface area contributed by atoms with Crippen molar-refractivity contribution in [1.29, 1.82) is 0 Å². The molecule has 2 amide bonds. The summed E-state index contributed by atoms with van der Waals surface area (Å²) in [5.74, 6) is -0.363. The van der Waals surface area contributed by atoms with E-state index < -0.39 is 0 Å². The van der Waals surface area contributed by atoms with Crippen LogP contribution in [0.1, 0.15) is 38.7 Å². The summed E-state index contributed by atoms with van der Waals surface area (Å²) in [5, 5.41) is 2.95. The van der Waals surface area contributed by atoms with Crippen LogP contribution in [-0.2, 0) is 4.79 Å². The average molecular weight is 449 g/mol. The van der Waals surface area contributed by atoms with E-state index >= 15 is 0 Å². The molecule has 0 bridgehead atoms. The molecule has 0 unspecified atom stereocenters. The fourth-order valence-corrected chi connectivity index (χ4v) is 4.30. The number of fused-ring (bicyclic) bond motifs is 1. The Labute approximate surface area is 178 Å². The third-order valence-corrected chi connectivity index (χ3v) is 5.55. The molecule has 4 rings (SSSR count). The summed E-state index contributed by atoms with van der Waals surface area (Å²) < 4.78 is 0.895. The predicted molar refractivity (Wildman–Crippen MR) is 118 cm³/mol. The summed E-state index contributed by atoms with van der Waals surface area (Å²) in [6, 6.07) is 21.0. The van der Waals surface area contributed by atoms with Crippen LogP contribution < -0.4 is 5.32 Å². The van der Waals surface area contributed by atoms with Crippen molar-refractivity contribution < 1.29 is 9.59 Å². The zero-order valence-corrected chi connectivity index (χ0v) is 17.9. The number of rotatable bonds is 2. The molecule has 0 fully saturated rings. The highest BCUT2D eigenvalue weighted by molar-refractivity contribution is 9.10. The van der Waals surface area contributed by atoms with Crippen LogP contribution in [0.4, 0.5) is 5.69 Å². The van der Waals surface area contributed by atoms with E-state index in [0.29, 0.717) is 5.56 Å². The van der Waals surface area contributed by atoms with Gasteiger partial charge in [0.25, 0.3) is 5.91 Å². The number of carbonyl (C=O) groups is 2. The standard InChI is InChI=1S/C24H21BrN2O2/c1-15-10-16(2)12-18(11-15)24(29)27-14-22(28)26-21-9-8-19(25)13-20(21)23(27)17-6-4-3-5-7-17/h3-13,23H,14H2,1-2H3,(H,26,28)/t23-/m0/s1. The molecule has 0 radical (unpaired) electrons. The number of nitrogens with one attached hydrogen (secondary N) is 1. The molecule has 1 atom stereocenters. The number of carbonyl (C=O) groups excluding carboxylic acids is 2. The van der Waals surface area contributed by atoms with E-state index in [1.165, 1.54) is 0 Å². The van der Waals surface area contributed by atoms with Crippen LogP contribution in [0.15, 0.2) is 71.2 Å². The second-order valence-corrected chi connectivity index (χ2v) is 8.32. The minimum Gasteiger partial charge on any atom is -0.324 e. The smallest absolute Gasteiger partial charge is 0.255 e. The highest BCUT2D eigenvalue weighted by atomic mass is 79.9. The normalized spacial score (nSPS) is 16.0. The molecule has 0 spiro atoms. The van der Waals surface area contributed by atoms with Gasteiger partial charge in [-0.25, -0.2) is 0 Å². The summed E-state index contributed by atoms with van der Waals surface area (Å²) in [6.07, 6.45) is 0. The number of benzene rings is 3. The second-order valence-electron chi connectivity index (χ2n) is 7.40. The van der Waals surface area contributed by atoms with E-state index in [1.807, 2.05) is 80.6 Å². The molecule has 3 aromatic carbocycles. The number of hydrogen-bond acceptors (Lipinski definition) is 2. The van der Waals surface area contributed by atoms with Crippen molar-refractivity contribution in [1.82, 2.24) is 4.90 Å². The zero-order valence-electron chi connectivity index (χ0n) is 16.3. The van der Waals surface area contributed by atoms with Gasteiger partial charge in [-0.05, 0) is 49.7 Å². The van der Waals surface area contributed by atoms with Gasteiger partial charge in [-0.1, -0.05) is 63.5 Å². The summed E-state index contributed by atoms with van der Waals surface area (Å²) in [4.78, 5) is 27.9. The number of aryl methyl sites for hydroxylation is 2. The first-order valence-electron chi connectivity index (χ1n) is 9.46. The lowest BCUT2D eigenvalue weighted by Crippen LogP contribution is -2.39. The SMILES string of the molecule is Cc1cc(C)cc(C(=O)N2CC(=O)Nc3ccc(Br)cc3[C@@H]2c2ccccc2)c1. The minimum atomic E-state index is -0.379. The Balaban J connectivity index is 1.90. The van der Waals surface area contributed by atoms with Crippen LogP contribution in [0.5, 0.6) is 0 Å². The van der Waals surface area contributed by atoms with Gasteiger partial charge in [0.05, 0.1) is 6.04 Å². The number of anilines is 1. The Morgan fingerprint density at radius 2 is 1.69 bits per heavy atom. The van der Waals surface area contributed by atoms with E-state index in [-0.39, 0.29) is 24.4 Å². The molecule has 1 N–H and O–H groups in total. The number of nitrogens with zero attached hydrogens (tertiary/aromatic N) is 1. The van der Waals surface area contributed by atoms with Crippen LogP contribution in [-0.4, -0.2) is 23.3 Å². The lowest BCUT2D eigenvalue weighted by molar-refractivity contribution is -0.117. The minimum absolute atomic E-state index is 0.0162. The van der Waals surface area contributed by atoms with E-state index in [4.69, 9.17) is 0 Å². The molecule has 146 valence electrons. The molecule has 29 heavy (non-hydrogen) atoms. The molecule has 0 aliphatic carbocycles. The highest BCUT2D eigenvalue weighted by Gasteiger charge is 2.34. The van der Waals surface area contributed by atoms with Crippen molar-refractivity contribution in [2.75, 3.05) is 11.9 Å². The lowest BCUT2D eigenvalue weighted by atomic mass is 9.95. The van der Waals surface area contributed by atoms with E-state index in [0.717, 1.165) is 32.4 Å². The third kappa shape index (κ3) is 3.96. The molecular formula is C24H21BrN2O2. The van der Waals surface area contributed by atoms with E-state index in [1.54, 1.807) is 4.90 Å². The molecule has 1 aliphatic heterocycles. The quantitative estimate of drug-likeness (QED) is 0.581. The zero-order chi connectivity index (χ0) is 20.5. The predicted octanol–water partition coefficient (Wildman–Crippen LogP) is 5.25. The molecule has 0 saturated carbocycles. The monoisotopic (exact) mass is 448 g/mol. The molecule has 4 nitrogen and oxygen atoms in total. The molecule has 5 heteroatoms. The van der Waals surface area contributed by atoms with Crippen LogP contribution in [0.2, 0.25) is 0 Å². The third-order valence-electron chi connectivity index (χ3n) is 5.05. The maximum absolute atomic E-state index is 13.6. The largest absolute Gasteiger partial charge is 0.324 e. The number of amides is 2. The first-order chi connectivity index (χ1) is 13.9. The second kappa shape index (κ2) is 7.84. The van der Waals surface area contributed by atoms with Crippen molar-refractivity contribution >= 4 is 33.4 Å². The molecule has 0 aromatic heterocycles. The van der Waals surface area contributed by atoms with Crippen LogP contribution in [0.3, 0.4) is 0 Å². The van der Waals surface area contributed by atoms with E-state index in [2.05, 4.69) is 21.2 Å². The Morgan fingerprint density at radius 3 is 2.38 bits per heavy atom. The average Bonchev–Trinajstić information content (AvgIpc) is 2.83. The van der Waals surface area contributed by atoms with Gasteiger partial charge in [0, 0.05) is 21.3 Å². The first kappa shape index (κ1) is 19.4. The Morgan fingerprint density at radius 1 is 1.00 bits per heavy atom. The van der Waals surface area contributed by atoms with Gasteiger partial charge in [0.2, 0.25) is 5.91 Å². The molecule has 3 aromatic rings. The number of halogens is 1. The first-order valence-corrected chi connectivity index (χ1v) is 10.2. The molecule has 1 heterocycles. The van der Waals surface area contributed by atoms with Crippen molar-refractivity contribution in [2.24, 2.45) is 0 Å². The van der Waals surface area contributed by atoms with Crippen LogP contribution in [0, 0.1) is 13.8 Å². The summed E-state index contributed by atoms with van der Waals surface area (Å²) in [6.45, 7) is 3.93. The maximum atomic E-state index is 13.6. The van der Waals surface area contributed by atoms with Gasteiger partial charge in [0.1, 0.15) is 6.54 Å². The van der Waals surface area contributed by atoms with Gasteiger partial charge in [-0.2, -0.15) is 0 Å². The van der Waals surface area contributed by atoms with Crippen molar-refractivity contribution in [2.45, 2.75) is 19.9 Å². The molecule has 0 saturated heterocycles. The molecule has 1 aliphatic rings. The van der Waals surface area contributed by atoms with Crippen molar-refractivity contribution in [3.05, 3.63) is 99.0 Å². The van der Waals surface area contributed by atoms with Gasteiger partial charge < -0.3 is 10.2 Å². The summed E-state index contributed by atoms with van der Waals surface area (Å²) in [7, 11) is 0. The van der Waals surface area contributed by atoms with Crippen molar-refractivity contribution in [3.63, 3.8) is 0 Å². The molecular weight excluding hydrogens is 428 g/mol. The topological polar surface area (TPSA) is 49.4 Å². The Hall–Kier alpha value is -2.92. The fraction of sp³-hybridized carbons (Fsp3) is 0.167. The Bertz CT molecular complexity index is 1080. The van der Waals surface area contributed by atoms with Crippen molar-refractivity contribution in [3.8, 4) is 0 Å². The fourth-order valence-electron chi connectivity index (χ4n) is 3.93. The highest BCUT2D eigenvalue weighted by Crippen LogP contribution is 2.38. The van der Waals surface area contributed by atoms with Crippen LogP contribution >= 0.6 is 15.9 Å². The van der Waals surface area contributed by atoms with E-state index in [9.17, 15) is 9.59 Å². The van der Waals surface area contributed by atoms with Crippen LogP contribution in [0.25, 0.3) is 0 Å². The van der Waals surface area contributed by atoms with Gasteiger partial charge >= 0.3 is 0 Å². The number of hydrogen-bond donors (Lipinski definition) is 1. The van der Waals surface area contributed by atoms with Gasteiger partial charge in [-0.15, -0.1) is 0 Å². The summed E-state index contributed by atoms with van der Waals surface area (Å²) >= 11 is 3.54. The maximum Gasteiger partial charge on any atom is 0.255 e.